The first kappa shape index (κ1) is 16.2. The van der Waals surface area contributed by atoms with E-state index < -0.39 is 0 Å². The molecular formula is C13H23BrN4O. The number of nitrogens with one attached hydrogen (secondary N) is 1. The molecule has 1 amide bonds. The Balaban J connectivity index is 2.21. The predicted octanol–water partition coefficient (Wildman–Crippen LogP) is 1.80. The average molecular weight is 331 g/mol. The Morgan fingerprint density at radius 1 is 1.47 bits per heavy atom. The number of nitrogens with zero attached hydrogens (tertiary/aromatic N) is 3. The van der Waals surface area contributed by atoms with Gasteiger partial charge in [-0.15, -0.1) is 0 Å². The summed E-state index contributed by atoms with van der Waals surface area (Å²) in [5, 5.41) is 7.16. The summed E-state index contributed by atoms with van der Waals surface area (Å²) in [5.74, 6) is 0.00884. The van der Waals surface area contributed by atoms with E-state index in [0.717, 1.165) is 42.8 Å². The number of halogens is 1. The summed E-state index contributed by atoms with van der Waals surface area (Å²) < 4.78 is 2.58. The van der Waals surface area contributed by atoms with Crippen molar-refractivity contribution in [3.8, 4) is 0 Å². The number of aryl methyl sites for hydroxylation is 1. The Bertz CT molecular complexity index is 382. The summed E-state index contributed by atoms with van der Waals surface area (Å²) in [5.41, 5.74) is 0.898. The Hall–Kier alpha value is -0.880. The molecule has 0 saturated heterocycles. The largest absolute Gasteiger partial charge is 0.354 e. The number of rotatable bonds is 8. The molecule has 108 valence electrons. The maximum absolute atomic E-state index is 11.7. The van der Waals surface area contributed by atoms with Crippen molar-refractivity contribution in [1.29, 1.82) is 0 Å². The Morgan fingerprint density at radius 2 is 2.16 bits per heavy atom. The summed E-state index contributed by atoms with van der Waals surface area (Å²) in [4.78, 5) is 14.1. The van der Waals surface area contributed by atoms with Crippen LogP contribution in [0.5, 0.6) is 0 Å². The smallest absolute Gasteiger partial charge is 0.241 e. The monoisotopic (exact) mass is 330 g/mol. The van der Waals surface area contributed by atoms with Gasteiger partial charge in [-0.1, -0.05) is 13.8 Å². The van der Waals surface area contributed by atoms with Gasteiger partial charge in [0.1, 0.15) is 6.54 Å². The van der Waals surface area contributed by atoms with Crippen LogP contribution in [-0.4, -0.2) is 46.8 Å². The minimum Gasteiger partial charge on any atom is -0.354 e. The quantitative estimate of drug-likeness (QED) is 0.739. The molecule has 1 N–H and O–H groups in total. The van der Waals surface area contributed by atoms with Gasteiger partial charge in [-0.2, -0.15) is 5.10 Å². The highest BCUT2D eigenvalue weighted by atomic mass is 79.9. The number of carbonyl (C=O) groups is 1. The lowest BCUT2D eigenvalue weighted by Gasteiger charge is -2.17. The molecular weight excluding hydrogens is 308 g/mol. The summed E-state index contributed by atoms with van der Waals surface area (Å²) in [7, 11) is 0. The van der Waals surface area contributed by atoms with Crippen LogP contribution in [0.25, 0.3) is 0 Å². The number of amides is 1. The van der Waals surface area contributed by atoms with E-state index in [1.165, 1.54) is 0 Å². The highest BCUT2D eigenvalue weighted by Gasteiger charge is 2.06. The summed E-state index contributed by atoms with van der Waals surface area (Å²) >= 11 is 3.38. The van der Waals surface area contributed by atoms with Gasteiger partial charge in [0.25, 0.3) is 0 Å². The molecule has 0 aliphatic carbocycles. The molecule has 0 aliphatic heterocycles. The standard InChI is InChI=1S/C13H23BrN4O/c1-4-17(5-2)8-6-7-15-13(19)10-18-9-12(14)11(3)16-18/h9H,4-8,10H2,1-3H3,(H,15,19). The van der Waals surface area contributed by atoms with Crippen LogP contribution in [0, 0.1) is 6.92 Å². The number of hydrogen-bond acceptors (Lipinski definition) is 3. The molecule has 19 heavy (non-hydrogen) atoms. The third-order valence-electron chi connectivity index (χ3n) is 3.06. The van der Waals surface area contributed by atoms with Crippen LogP contribution in [0.4, 0.5) is 0 Å². The van der Waals surface area contributed by atoms with Crippen molar-refractivity contribution in [3.63, 3.8) is 0 Å². The van der Waals surface area contributed by atoms with E-state index in [1.807, 2.05) is 13.1 Å². The lowest BCUT2D eigenvalue weighted by molar-refractivity contribution is -0.121. The third-order valence-corrected chi connectivity index (χ3v) is 3.84. The zero-order chi connectivity index (χ0) is 14.3. The van der Waals surface area contributed by atoms with E-state index in [0.29, 0.717) is 0 Å². The number of hydrogen-bond donors (Lipinski definition) is 1. The van der Waals surface area contributed by atoms with Gasteiger partial charge < -0.3 is 10.2 Å². The third kappa shape index (κ3) is 5.74. The van der Waals surface area contributed by atoms with Crippen molar-refractivity contribution in [2.45, 2.75) is 33.7 Å². The Labute approximate surface area is 123 Å². The minimum atomic E-state index is 0.00884. The molecule has 1 heterocycles. The molecule has 1 aromatic rings. The molecule has 0 aliphatic rings. The van der Waals surface area contributed by atoms with Gasteiger partial charge in [0.15, 0.2) is 0 Å². The second kappa shape index (κ2) is 8.32. The topological polar surface area (TPSA) is 50.2 Å². The van der Waals surface area contributed by atoms with Gasteiger partial charge in [0.2, 0.25) is 5.91 Å². The molecule has 1 rings (SSSR count). The number of carbonyl (C=O) groups excluding carboxylic acids is 1. The zero-order valence-corrected chi connectivity index (χ0v) is 13.5. The maximum atomic E-state index is 11.7. The fourth-order valence-electron chi connectivity index (χ4n) is 1.85. The second-order valence-electron chi connectivity index (χ2n) is 4.49. The van der Waals surface area contributed by atoms with Crippen molar-refractivity contribution in [3.05, 3.63) is 16.4 Å². The lowest BCUT2D eigenvalue weighted by Crippen LogP contribution is -2.31. The molecule has 6 heteroatoms. The van der Waals surface area contributed by atoms with E-state index in [-0.39, 0.29) is 12.5 Å². The van der Waals surface area contributed by atoms with Crippen LogP contribution in [-0.2, 0) is 11.3 Å². The van der Waals surface area contributed by atoms with E-state index in [4.69, 9.17) is 0 Å². The van der Waals surface area contributed by atoms with Crippen LogP contribution in [0.2, 0.25) is 0 Å². The molecule has 5 nitrogen and oxygen atoms in total. The van der Waals surface area contributed by atoms with Gasteiger partial charge in [0, 0.05) is 12.7 Å². The molecule has 0 aromatic carbocycles. The van der Waals surface area contributed by atoms with Crippen LogP contribution < -0.4 is 5.32 Å². The maximum Gasteiger partial charge on any atom is 0.241 e. The van der Waals surface area contributed by atoms with Crippen LogP contribution >= 0.6 is 15.9 Å². The van der Waals surface area contributed by atoms with Crippen LogP contribution in [0.3, 0.4) is 0 Å². The molecule has 0 spiro atoms. The highest BCUT2D eigenvalue weighted by molar-refractivity contribution is 9.10. The van der Waals surface area contributed by atoms with Gasteiger partial charge >= 0.3 is 0 Å². The van der Waals surface area contributed by atoms with E-state index in [2.05, 4.69) is 45.1 Å². The van der Waals surface area contributed by atoms with E-state index in [1.54, 1.807) is 4.68 Å². The Kier molecular flexibility index (Phi) is 7.09. The fraction of sp³-hybridized carbons (Fsp3) is 0.692. The summed E-state index contributed by atoms with van der Waals surface area (Å²) in [6.07, 6.45) is 2.81. The van der Waals surface area contributed by atoms with Crippen LogP contribution in [0.1, 0.15) is 26.0 Å². The van der Waals surface area contributed by atoms with Crippen molar-refractivity contribution in [2.24, 2.45) is 0 Å². The summed E-state index contributed by atoms with van der Waals surface area (Å²) in [6.45, 7) is 10.4. The normalized spacial score (nSPS) is 11.0. The first-order chi connectivity index (χ1) is 9.06. The highest BCUT2D eigenvalue weighted by Crippen LogP contribution is 2.12. The molecule has 0 atom stereocenters. The van der Waals surface area contributed by atoms with Crippen molar-refractivity contribution < 1.29 is 4.79 Å². The minimum absolute atomic E-state index is 0.00884. The molecule has 0 unspecified atom stereocenters. The van der Waals surface area contributed by atoms with Gasteiger partial charge in [-0.3, -0.25) is 9.48 Å². The molecule has 1 aromatic heterocycles. The van der Waals surface area contributed by atoms with E-state index in [9.17, 15) is 4.79 Å². The molecule has 0 bridgehead atoms. The van der Waals surface area contributed by atoms with Crippen molar-refractivity contribution >= 4 is 21.8 Å². The van der Waals surface area contributed by atoms with Gasteiger partial charge in [-0.25, -0.2) is 0 Å². The van der Waals surface area contributed by atoms with Crippen molar-refractivity contribution in [1.82, 2.24) is 20.0 Å². The van der Waals surface area contributed by atoms with E-state index >= 15 is 0 Å². The first-order valence-electron chi connectivity index (χ1n) is 6.75. The molecule has 0 fully saturated rings. The Morgan fingerprint density at radius 3 is 2.68 bits per heavy atom. The molecule has 0 saturated carbocycles. The SMILES string of the molecule is CCN(CC)CCCNC(=O)Cn1cc(Br)c(C)n1. The van der Waals surface area contributed by atoms with Gasteiger partial charge in [-0.05, 0) is 48.9 Å². The average Bonchev–Trinajstić information content (AvgIpc) is 2.68. The second-order valence-corrected chi connectivity index (χ2v) is 5.34. The zero-order valence-electron chi connectivity index (χ0n) is 11.9. The summed E-state index contributed by atoms with van der Waals surface area (Å²) in [6, 6.07) is 0. The van der Waals surface area contributed by atoms with Crippen molar-refractivity contribution in [2.75, 3.05) is 26.2 Å². The first-order valence-corrected chi connectivity index (χ1v) is 7.54. The predicted molar refractivity (Wildman–Crippen MR) is 80.1 cm³/mol. The fourth-order valence-corrected chi connectivity index (χ4v) is 2.16. The van der Waals surface area contributed by atoms with Gasteiger partial charge in [0.05, 0.1) is 10.2 Å². The molecule has 0 radical (unpaired) electrons. The van der Waals surface area contributed by atoms with Crippen LogP contribution in [0.15, 0.2) is 10.7 Å². The lowest BCUT2D eigenvalue weighted by atomic mass is 10.3. The number of aromatic nitrogens is 2.